The van der Waals surface area contributed by atoms with E-state index in [-0.39, 0.29) is 41.9 Å². The third-order valence-electron chi connectivity index (χ3n) is 7.61. The normalized spacial score (nSPS) is 17.4. The summed E-state index contributed by atoms with van der Waals surface area (Å²) in [4.78, 5) is 30.9. The lowest BCUT2D eigenvalue weighted by Gasteiger charge is -2.29. The van der Waals surface area contributed by atoms with Crippen molar-refractivity contribution in [1.82, 2.24) is 40.1 Å². The van der Waals surface area contributed by atoms with Gasteiger partial charge in [0.05, 0.1) is 29.9 Å². The molecule has 0 bridgehead atoms. The van der Waals surface area contributed by atoms with Crippen LogP contribution in [0.4, 0.5) is 16.0 Å². The van der Waals surface area contributed by atoms with Crippen LogP contribution in [0.3, 0.4) is 0 Å². The molecule has 5 aromatic rings. The molecular formula is C29H31ClFN9O2. The van der Waals surface area contributed by atoms with E-state index >= 15 is 0 Å². The number of anilines is 2. The maximum atomic E-state index is 13.4. The van der Waals surface area contributed by atoms with Gasteiger partial charge in [0.15, 0.2) is 23.3 Å². The first-order valence-corrected chi connectivity index (χ1v) is 13.6. The summed E-state index contributed by atoms with van der Waals surface area (Å²) in [5.74, 6) is 1.06. The van der Waals surface area contributed by atoms with E-state index in [4.69, 9.17) is 5.10 Å². The van der Waals surface area contributed by atoms with Gasteiger partial charge in [0, 0.05) is 29.3 Å². The topological polar surface area (TPSA) is 135 Å². The predicted octanol–water partition coefficient (Wildman–Crippen LogP) is 4.92. The summed E-state index contributed by atoms with van der Waals surface area (Å²) >= 11 is 0. The van der Waals surface area contributed by atoms with Gasteiger partial charge in [0.1, 0.15) is 0 Å². The van der Waals surface area contributed by atoms with E-state index in [1.54, 1.807) is 16.9 Å². The molecule has 11 nitrogen and oxygen atoms in total. The summed E-state index contributed by atoms with van der Waals surface area (Å²) in [7, 11) is 0. The molecule has 6 rings (SSSR count). The predicted molar refractivity (Wildman–Crippen MR) is 159 cm³/mol. The van der Waals surface area contributed by atoms with Crippen LogP contribution in [0.25, 0.3) is 16.6 Å². The van der Waals surface area contributed by atoms with Crippen LogP contribution in [0.15, 0.2) is 65.8 Å². The van der Waals surface area contributed by atoms with Crippen molar-refractivity contribution in [2.75, 3.05) is 5.32 Å². The number of H-pyrrole nitrogens is 1. The summed E-state index contributed by atoms with van der Waals surface area (Å²) < 4.78 is 16.2. The fraction of sp³-hybridized carbons (Fsp3) is 0.310. The molecule has 1 fully saturated rings. The quantitative estimate of drug-likeness (QED) is 0.244. The van der Waals surface area contributed by atoms with E-state index in [0.29, 0.717) is 48.5 Å². The number of fused-ring (bicyclic) bond motifs is 1. The fourth-order valence-electron chi connectivity index (χ4n) is 5.36. The summed E-state index contributed by atoms with van der Waals surface area (Å²) in [6.07, 6.45) is 6.65. The molecule has 1 aliphatic carbocycles. The van der Waals surface area contributed by atoms with Gasteiger partial charge >= 0.3 is 0 Å². The van der Waals surface area contributed by atoms with Crippen LogP contribution in [0.5, 0.6) is 0 Å². The van der Waals surface area contributed by atoms with Crippen LogP contribution >= 0.6 is 12.4 Å². The van der Waals surface area contributed by atoms with Gasteiger partial charge in [0.25, 0.3) is 5.56 Å². The number of carbonyl (C=O) groups excluding carboxylic acids is 1. The number of carbonyl (C=O) groups is 1. The molecule has 1 aliphatic rings. The van der Waals surface area contributed by atoms with Crippen LogP contribution in [-0.2, 0) is 4.79 Å². The maximum Gasteiger partial charge on any atom is 0.275 e. The monoisotopic (exact) mass is 591 g/mol. The largest absolute Gasteiger partial charge is 0.349 e. The molecule has 42 heavy (non-hydrogen) atoms. The number of rotatable bonds is 7. The van der Waals surface area contributed by atoms with Crippen LogP contribution in [0, 0.1) is 18.7 Å². The minimum atomic E-state index is -0.436. The number of amides is 1. The van der Waals surface area contributed by atoms with E-state index in [1.807, 2.05) is 50.2 Å². The molecule has 0 unspecified atom stereocenters. The van der Waals surface area contributed by atoms with Crippen LogP contribution in [0.1, 0.15) is 55.9 Å². The second-order valence-corrected chi connectivity index (χ2v) is 10.5. The molecule has 0 spiro atoms. The third kappa shape index (κ3) is 5.89. The van der Waals surface area contributed by atoms with Crippen LogP contribution < -0.4 is 16.2 Å². The van der Waals surface area contributed by atoms with Gasteiger partial charge in [-0.3, -0.25) is 14.7 Å². The van der Waals surface area contributed by atoms with Crippen molar-refractivity contribution in [2.24, 2.45) is 5.92 Å². The van der Waals surface area contributed by atoms with Crippen molar-refractivity contribution in [3.63, 3.8) is 0 Å². The second-order valence-electron chi connectivity index (χ2n) is 10.5. The molecule has 1 amide bonds. The number of hydrogen-bond donors (Lipinski definition) is 3. The van der Waals surface area contributed by atoms with Crippen molar-refractivity contribution >= 4 is 40.7 Å². The van der Waals surface area contributed by atoms with E-state index in [9.17, 15) is 14.0 Å². The molecule has 0 aliphatic heterocycles. The van der Waals surface area contributed by atoms with Gasteiger partial charge in [0.2, 0.25) is 5.91 Å². The first-order chi connectivity index (χ1) is 19.9. The Morgan fingerprint density at radius 3 is 2.50 bits per heavy atom. The Balaban J connectivity index is 0.00000353. The van der Waals surface area contributed by atoms with Gasteiger partial charge in [-0.25, -0.2) is 18.7 Å². The summed E-state index contributed by atoms with van der Waals surface area (Å²) in [5, 5.41) is 23.5. The molecular weight excluding hydrogens is 561 g/mol. The minimum absolute atomic E-state index is 0. The highest BCUT2D eigenvalue weighted by Crippen LogP contribution is 2.33. The molecule has 4 aromatic heterocycles. The summed E-state index contributed by atoms with van der Waals surface area (Å²) in [5.41, 5.74) is 1.61. The number of aromatic amines is 1. The molecule has 4 heterocycles. The number of nitrogens with one attached hydrogen (secondary N) is 3. The Morgan fingerprint density at radius 1 is 1.10 bits per heavy atom. The van der Waals surface area contributed by atoms with Crippen molar-refractivity contribution in [3.05, 3.63) is 88.5 Å². The number of benzene rings is 1. The maximum absolute atomic E-state index is 13.4. The zero-order valence-corrected chi connectivity index (χ0v) is 23.9. The lowest BCUT2D eigenvalue weighted by Crippen LogP contribution is -2.37. The molecule has 1 atom stereocenters. The number of nitrogens with zero attached hydrogens (tertiary/aromatic N) is 6. The van der Waals surface area contributed by atoms with E-state index in [1.165, 1.54) is 10.9 Å². The Kier molecular flexibility index (Phi) is 8.34. The molecule has 3 N–H and O–H groups in total. The highest BCUT2D eigenvalue weighted by molar-refractivity contribution is 5.92. The Bertz CT molecular complexity index is 1760. The van der Waals surface area contributed by atoms with E-state index < -0.39 is 5.82 Å². The van der Waals surface area contributed by atoms with Gasteiger partial charge < -0.3 is 10.6 Å². The minimum Gasteiger partial charge on any atom is -0.349 e. The van der Waals surface area contributed by atoms with Crippen LogP contribution in [-0.4, -0.2) is 40.6 Å². The number of hydrogen-bond acceptors (Lipinski definition) is 7. The van der Waals surface area contributed by atoms with Gasteiger partial charge in [-0.05, 0) is 57.2 Å². The van der Waals surface area contributed by atoms with Crippen LogP contribution in [0.2, 0.25) is 0 Å². The number of halogens is 2. The average Bonchev–Trinajstić information content (AvgIpc) is 3.62. The highest BCUT2D eigenvalue weighted by atomic mass is 35.5. The fourth-order valence-corrected chi connectivity index (χ4v) is 5.36. The summed E-state index contributed by atoms with van der Waals surface area (Å²) in [6, 6.07) is 12.5. The van der Waals surface area contributed by atoms with E-state index in [2.05, 4.69) is 30.9 Å². The zero-order chi connectivity index (χ0) is 28.5. The third-order valence-corrected chi connectivity index (χ3v) is 7.61. The molecule has 218 valence electrons. The molecule has 0 saturated heterocycles. The SMILES string of the molecule is Cc1cc(Nc2nn(C3CCC(C(=O)N[C@@H](C)c4ccc(-n5cc(F)cn5)nc4)CC3)c(=O)c3ccccc23)n[nH]1.Cl. The standard InChI is InChI=1S/C29H30FN9O2.ClH/c1-17-13-25(36-35-17)34-27-23-5-3-4-6-24(23)29(41)39(37-27)22-10-7-19(8-11-22)28(40)33-18(2)20-9-12-26(31-14-20)38-16-21(30)15-32-38;/h3-6,9,12-16,18-19,22H,7-8,10-11H2,1-2H3,(H,33,40)(H2,34,35,36,37);1H/t18-,19?,22?;/m0./s1. The number of aromatic nitrogens is 7. The van der Waals surface area contributed by atoms with Gasteiger partial charge in [-0.15, -0.1) is 12.4 Å². The van der Waals surface area contributed by atoms with E-state index in [0.717, 1.165) is 22.8 Å². The average molecular weight is 592 g/mol. The lowest BCUT2D eigenvalue weighted by molar-refractivity contribution is -0.126. The van der Waals surface area contributed by atoms with Crippen molar-refractivity contribution in [1.29, 1.82) is 0 Å². The first kappa shape index (κ1) is 28.9. The molecule has 1 saturated carbocycles. The van der Waals surface area contributed by atoms with Gasteiger partial charge in [-0.1, -0.05) is 24.3 Å². The van der Waals surface area contributed by atoms with Crippen molar-refractivity contribution in [3.8, 4) is 5.82 Å². The molecule has 1 aromatic carbocycles. The second kappa shape index (κ2) is 12.1. The van der Waals surface area contributed by atoms with Crippen molar-refractivity contribution < 1.29 is 9.18 Å². The number of aryl methyl sites for hydroxylation is 1. The number of pyridine rings is 1. The lowest BCUT2D eigenvalue weighted by atomic mass is 9.85. The first-order valence-electron chi connectivity index (χ1n) is 13.6. The zero-order valence-electron chi connectivity index (χ0n) is 23.1. The van der Waals surface area contributed by atoms with Gasteiger partial charge in [-0.2, -0.15) is 15.3 Å². The Morgan fingerprint density at radius 2 is 1.86 bits per heavy atom. The Labute approximate surface area is 247 Å². The smallest absolute Gasteiger partial charge is 0.275 e. The van der Waals surface area contributed by atoms with Crippen molar-refractivity contribution in [2.45, 2.75) is 51.6 Å². The highest BCUT2D eigenvalue weighted by Gasteiger charge is 2.29. The molecule has 0 radical (unpaired) electrons. The Hall–Kier alpha value is -4.58. The summed E-state index contributed by atoms with van der Waals surface area (Å²) in [6.45, 7) is 3.82. The molecule has 13 heteroatoms.